The summed E-state index contributed by atoms with van der Waals surface area (Å²) in [5, 5.41) is 6.57. The molecule has 0 saturated carbocycles. The minimum atomic E-state index is 0.505. The third-order valence-electron chi connectivity index (χ3n) is 3.79. The smallest absolute Gasteiger partial charge is 0.191 e. The fraction of sp³-hybridized carbons (Fsp3) is 0.368. The van der Waals surface area contributed by atoms with Gasteiger partial charge in [0.05, 0.1) is 18.5 Å². The second-order valence-corrected chi connectivity index (χ2v) is 6.87. The third-order valence-corrected chi connectivity index (χ3v) is 4.26. The number of aliphatic imine (C=N–C) groups is 1. The average Bonchev–Trinajstić information content (AvgIpc) is 3.31. The number of hydrogen-bond acceptors (Lipinski definition) is 4. The van der Waals surface area contributed by atoms with Gasteiger partial charge in [0.25, 0.3) is 0 Å². The van der Waals surface area contributed by atoms with Gasteiger partial charge in [-0.3, -0.25) is 0 Å². The summed E-state index contributed by atoms with van der Waals surface area (Å²) in [6.45, 7) is 5.32. The Hall–Kier alpha value is -2.32. The van der Waals surface area contributed by atoms with E-state index in [4.69, 9.17) is 9.15 Å². The highest BCUT2D eigenvalue weighted by Crippen LogP contribution is 2.12. The van der Waals surface area contributed by atoms with Crippen molar-refractivity contribution in [3.63, 3.8) is 0 Å². The highest BCUT2D eigenvalue weighted by Gasteiger charge is 2.03. The summed E-state index contributed by atoms with van der Waals surface area (Å²) in [7, 11) is 0. The molecule has 3 rings (SSSR count). The number of guanidine groups is 1. The van der Waals surface area contributed by atoms with Gasteiger partial charge in [0.15, 0.2) is 5.96 Å². The minimum Gasteiger partial charge on any atom is -0.467 e. The first-order chi connectivity index (χ1) is 13.2. The molecule has 0 saturated heterocycles. The van der Waals surface area contributed by atoms with Gasteiger partial charge in [-0.15, -0.1) is 0 Å². The summed E-state index contributed by atoms with van der Waals surface area (Å²) in [5.74, 6) is 1.62. The summed E-state index contributed by atoms with van der Waals surface area (Å²) >= 11 is 3.47. The van der Waals surface area contributed by atoms with Crippen molar-refractivity contribution >= 4 is 27.5 Å². The zero-order valence-electron chi connectivity index (χ0n) is 15.3. The maximum absolute atomic E-state index is 5.58. The van der Waals surface area contributed by atoms with E-state index in [0.717, 1.165) is 47.0 Å². The number of nitrogens with one attached hydrogen (secondary N) is 2. The van der Waals surface area contributed by atoms with Gasteiger partial charge in [0, 0.05) is 36.6 Å². The van der Waals surface area contributed by atoms with Gasteiger partial charge in [-0.25, -0.2) is 9.98 Å². The van der Waals surface area contributed by atoms with Crippen molar-refractivity contribution in [1.82, 2.24) is 20.0 Å². The maximum atomic E-state index is 5.58. The Balaban J connectivity index is 1.44. The number of aromatic nitrogens is 2. The first kappa shape index (κ1) is 19.4. The second kappa shape index (κ2) is 10.1. The lowest BCUT2D eigenvalue weighted by molar-refractivity contribution is 0.105. The molecule has 3 aromatic rings. The van der Waals surface area contributed by atoms with Crippen LogP contribution in [0.1, 0.15) is 24.8 Å². The van der Waals surface area contributed by atoms with Crippen LogP contribution in [0, 0.1) is 0 Å². The van der Waals surface area contributed by atoms with E-state index in [1.807, 2.05) is 48.0 Å². The van der Waals surface area contributed by atoms with E-state index >= 15 is 0 Å². The maximum Gasteiger partial charge on any atom is 0.191 e. The number of fused-ring (bicyclic) bond motifs is 1. The van der Waals surface area contributed by atoms with E-state index in [0.29, 0.717) is 19.8 Å². The van der Waals surface area contributed by atoms with Crippen LogP contribution in [-0.2, 0) is 17.9 Å². The van der Waals surface area contributed by atoms with Gasteiger partial charge in [0.1, 0.15) is 18.0 Å². The van der Waals surface area contributed by atoms with Crippen LogP contribution in [0.15, 0.2) is 56.8 Å². The number of halogens is 1. The first-order valence-corrected chi connectivity index (χ1v) is 9.79. The second-order valence-electron chi connectivity index (χ2n) is 5.95. The molecule has 3 aromatic heterocycles. The highest BCUT2D eigenvalue weighted by atomic mass is 79.9. The highest BCUT2D eigenvalue weighted by molar-refractivity contribution is 9.10. The molecule has 0 fully saturated rings. The van der Waals surface area contributed by atoms with Crippen LogP contribution in [0.25, 0.3) is 5.65 Å². The van der Waals surface area contributed by atoms with E-state index in [9.17, 15) is 0 Å². The lowest BCUT2D eigenvalue weighted by Crippen LogP contribution is -2.38. The van der Waals surface area contributed by atoms with Gasteiger partial charge in [-0.1, -0.05) is 0 Å². The summed E-state index contributed by atoms with van der Waals surface area (Å²) in [5.41, 5.74) is 1.84. The SMILES string of the molecule is CCNC(=NCc1cn2cc(Br)ccc2n1)NCCCOCc1ccco1. The lowest BCUT2D eigenvalue weighted by atomic mass is 10.4. The van der Waals surface area contributed by atoms with Crippen molar-refractivity contribution in [2.24, 2.45) is 4.99 Å². The first-order valence-electron chi connectivity index (χ1n) is 9.00. The molecule has 0 bridgehead atoms. The fourth-order valence-corrected chi connectivity index (χ4v) is 2.90. The topological polar surface area (TPSA) is 76.1 Å². The van der Waals surface area contributed by atoms with Crippen molar-refractivity contribution in [3.05, 3.63) is 58.8 Å². The number of nitrogens with zero attached hydrogens (tertiary/aromatic N) is 3. The molecule has 144 valence electrons. The Bertz CT molecular complexity index is 860. The number of furan rings is 1. The predicted molar refractivity (Wildman–Crippen MR) is 109 cm³/mol. The Morgan fingerprint density at radius 2 is 2.22 bits per heavy atom. The molecular weight excluding hydrogens is 410 g/mol. The van der Waals surface area contributed by atoms with E-state index in [2.05, 4.69) is 36.5 Å². The van der Waals surface area contributed by atoms with Crippen LogP contribution in [0.2, 0.25) is 0 Å². The summed E-state index contributed by atoms with van der Waals surface area (Å²) < 4.78 is 13.8. The van der Waals surface area contributed by atoms with E-state index in [1.54, 1.807) is 6.26 Å². The summed E-state index contributed by atoms with van der Waals surface area (Å²) in [4.78, 5) is 9.19. The molecule has 0 radical (unpaired) electrons. The van der Waals surface area contributed by atoms with Gasteiger partial charge < -0.3 is 24.2 Å². The molecule has 0 aliphatic carbocycles. The number of imidazole rings is 1. The van der Waals surface area contributed by atoms with Crippen molar-refractivity contribution < 1.29 is 9.15 Å². The molecule has 27 heavy (non-hydrogen) atoms. The van der Waals surface area contributed by atoms with Gasteiger partial charge in [-0.2, -0.15) is 0 Å². The molecule has 0 aliphatic rings. The van der Waals surface area contributed by atoms with Gasteiger partial charge >= 0.3 is 0 Å². The summed E-state index contributed by atoms with van der Waals surface area (Å²) in [6, 6.07) is 7.73. The normalized spacial score (nSPS) is 11.9. The fourth-order valence-electron chi connectivity index (χ4n) is 2.54. The van der Waals surface area contributed by atoms with Crippen LogP contribution in [0.5, 0.6) is 0 Å². The van der Waals surface area contributed by atoms with Gasteiger partial charge in [0.2, 0.25) is 0 Å². The zero-order valence-corrected chi connectivity index (χ0v) is 16.9. The molecule has 7 nitrogen and oxygen atoms in total. The van der Waals surface area contributed by atoms with Crippen molar-refractivity contribution in [2.75, 3.05) is 19.7 Å². The largest absolute Gasteiger partial charge is 0.467 e. The van der Waals surface area contributed by atoms with Crippen LogP contribution in [0.3, 0.4) is 0 Å². The van der Waals surface area contributed by atoms with Crippen LogP contribution >= 0.6 is 15.9 Å². The molecular formula is C19H24BrN5O2. The van der Waals surface area contributed by atoms with Crippen LogP contribution in [0.4, 0.5) is 0 Å². The van der Waals surface area contributed by atoms with Crippen molar-refractivity contribution in [2.45, 2.75) is 26.5 Å². The molecule has 0 unspecified atom stereocenters. The van der Waals surface area contributed by atoms with Crippen molar-refractivity contribution in [3.8, 4) is 0 Å². The van der Waals surface area contributed by atoms with Crippen LogP contribution in [-0.4, -0.2) is 35.0 Å². The van der Waals surface area contributed by atoms with E-state index < -0.39 is 0 Å². The molecule has 0 aliphatic heterocycles. The molecule has 0 amide bonds. The van der Waals surface area contributed by atoms with Crippen molar-refractivity contribution in [1.29, 1.82) is 0 Å². The molecule has 8 heteroatoms. The minimum absolute atomic E-state index is 0.505. The molecule has 2 N–H and O–H groups in total. The third kappa shape index (κ3) is 6.11. The number of hydrogen-bond donors (Lipinski definition) is 2. The zero-order chi connectivity index (χ0) is 18.9. The Labute approximate surface area is 167 Å². The summed E-state index contributed by atoms with van der Waals surface area (Å²) in [6.07, 6.45) is 6.52. The Morgan fingerprint density at radius 1 is 1.30 bits per heavy atom. The Kier molecular flexibility index (Phi) is 7.29. The van der Waals surface area contributed by atoms with Gasteiger partial charge in [-0.05, 0) is 53.5 Å². The Morgan fingerprint density at radius 3 is 3.04 bits per heavy atom. The number of pyridine rings is 1. The molecule has 0 atom stereocenters. The molecule has 0 spiro atoms. The average molecular weight is 434 g/mol. The predicted octanol–water partition coefficient (Wildman–Crippen LogP) is 3.35. The number of rotatable bonds is 9. The molecule has 3 heterocycles. The van der Waals surface area contributed by atoms with Crippen LogP contribution < -0.4 is 10.6 Å². The lowest BCUT2D eigenvalue weighted by Gasteiger charge is -2.10. The quantitative estimate of drug-likeness (QED) is 0.307. The monoisotopic (exact) mass is 433 g/mol. The van der Waals surface area contributed by atoms with E-state index in [-0.39, 0.29) is 0 Å². The van der Waals surface area contributed by atoms with E-state index in [1.165, 1.54) is 0 Å². The standard InChI is InChI=1S/C19H24BrN5O2/c1-2-21-19(22-8-4-9-26-14-17-5-3-10-27-17)23-11-16-13-25-12-15(20)6-7-18(25)24-16/h3,5-7,10,12-13H,2,4,8-9,11,14H2,1H3,(H2,21,22,23). The molecule has 0 aromatic carbocycles. The number of ether oxygens (including phenoxy) is 1.